The van der Waals surface area contributed by atoms with Gasteiger partial charge < -0.3 is 5.32 Å². The zero-order valence-corrected chi connectivity index (χ0v) is 16.1. The molecule has 0 spiro atoms. The molecule has 0 saturated heterocycles. The zero-order valence-electron chi connectivity index (χ0n) is 12.9. The van der Waals surface area contributed by atoms with Crippen molar-refractivity contribution in [1.29, 1.82) is 0 Å². The van der Waals surface area contributed by atoms with Crippen LogP contribution >= 0.6 is 31.9 Å². The molecular formula is C18H21Br2N. The fourth-order valence-electron chi connectivity index (χ4n) is 2.66. The highest BCUT2D eigenvalue weighted by Gasteiger charge is 2.17. The Kier molecular flexibility index (Phi) is 5.64. The second kappa shape index (κ2) is 7.08. The van der Waals surface area contributed by atoms with Crippen LogP contribution in [0.4, 0.5) is 0 Å². The lowest BCUT2D eigenvalue weighted by molar-refractivity contribution is 0.626. The van der Waals surface area contributed by atoms with Crippen LogP contribution < -0.4 is 5.32 Å². The smallest absolute Gasteiger partial charge is 0.0579 e. The summed E-state index contributed by atoms with van der Waals surface area (Å²) in [6.45, 7) is 9.54. The summed E-state index contributed by atoms with van der Waals surface area (Å²) < 4.78 is 2.30. The van der Waals surface area contributed by atoms with Crippen LogP contribution in [0.25, 0.3) is 0 Å². The van der Waals surface area contributed by atoms with Gasteiger partial charge in [-0.05, 0) is 73.3 Å². The summed E-state index contributed by atoms with van der Waals surface area (Å²) in [6.07, 6.45) is 0. The van der Waals surface area contributed by atoms with Crippen LogP contribution in [0.2, 0.25) is 0 Å². The first-order valence-electron chi connectivity index (χ1n) is 7.19. The van der Waals surface area contributed by atoms with E-state index in [4.69, 9.17) is 0 Å². The number of hydrogen-bond acceptors (Lipinski definition) is 1. The number of nitrogens with one attached hydrogen (secondary N) is 1. The summed E-state index contributed by atoms with van der Waals surface area (Å²) in [5.74, 6) is 0. The minimum atomic E-state index is 0.220. The zero-order chi connectivity index (χ0) is 15.6. The monoisotopic (exact) mass is 409 g/mol. The van der Waals surface area contributed by atoms with E-state index in [0.717, 1.165) is 11.0 Å². The van der Waals surface area contributed by atoms with Crippen molar-refractivity contribution >= 4 is 31.9 Å². The molecule has 1 N–H and O–H groups in total. The molecule has 3 heteroatoms. The normalized spacial score (nSPS) is 12.5. The van der Waals surface area contributed by atoms with Gasteiger partial charge >= 0.3 is 0 Å². The van der Waals surface area contributed by atoms with Crippen molar-refractivity contribution in [3.8, 4) is 0 Å². The Morgan fingerprint density at radius 2 is 1.67 bits per heavy atom. The van der Waals surface area contributed by atoms with Crippen LogP contribution in [0.1, 0.15) is 40.8 Å². The van der Waals surface area contributed by atoms with Crippen molar-refractivity contribution in [1.82, 2.24) is 5.32 Å². The van der Waals surface area contributed by atoms with E-state index >= 15 is 0 Å². The molecule has 2 rings (SSSR count). The molecule has 0 aliphatic heterocycles. The Bertz CT molecular complexity index is 630. The van der Waals surface area contributed by atoms with Crippen molar-refractivity contribution in [2.45, 2.75) is 33.7 Å². The van der Waals surface area contributed by atoms with Gasteiger partial charge in [0, 0.05) is 8.95 Å². The van der Waals surface area contributed by atoms with Crippen LogP contribution in [-0.4, -0.2) is 6.54 Å². The fraction of sp³-hybridized carbons (Fsp3) is 0.333. The third-order valence-electron chi connectivity index (χ3n) is 3.66. The molecule has 0 aliphatic rings. The Labute approximate surface area is 144 Å². The van der Waals surface area contributed by atoms with Crippen molar-refractivity contribution in [3.63, 3.8) is 0 Å². The summed E-state index contributed by atoms with van der Waals surface area (Å²) >= 11 is 7.23. The highest BCUT2D eigenvalue weighted by molar-refractivity contribution is 9.10. The van der Waals surface area contributed by atoms with Crippen LogP contribution in [0.15, 0.2) is 39.3 Å². The van der Waals surface area contributed by atoms with E-state index < -0.39 is 0 Å². The first-order valence-corrected chi connectivity index (χ1v) is 8.78. The standard InChI is InChI=1S/C18H21Br2N/c1-5-21-18(14-6-11(2)7-15(19)10-14)16-8-13(4)17(20)9-12(16)3/h6-10,18,21H,5H2,1-4H3. The van der Waals surface area contributed by atoms with Crippen LogP contribution in [0, 0.1) is 20.8 Å². The summed E-state index contributed by atoms with van der Waals surface area (Å²) in [4.78, 5) is 0. The molecule has 21 heavy (non-hydrogen) atoms. The molecule has 0 aliphatic carbocycles. The topological polar surface area (TPSA) is 12.0 Å². The van der Waals surface area contributed by atoms with Gasteiger partial charge in [0.25, 0.3) is 0 Å². The van der Waals surface area contributed by atoms with Gasteiger partial charge in [0.15, 0.2) is 0 Å². The average Bonchev–Trinajstić information content (AvgIpc) is 2.39. The Hall–Kier alpha value is -0.640. The molecule has 0 fully saturated rings. The highest BCUT2D eigenvalue weighted by Crippen LogP contribution is 2.31. The van der Waals surface area contributed by atoms with Gasteiger partial charge in [0.1, 0.15) is 0 Å². The summed E-state index contributed by atoms with van der Waals surface area (Å²) in [5.41, 5.74) is 6.48. The Morgan fingerprint density at radius 1 is 0.952 bits per heavy atom. The maximum absolute atomic E-state index is 3.62. The molecule has 0 radical (unpaired) electrons. The molecule has 0 amide bonds. The molecule has 112 valence electrons. The maximum Gasteiger partial charge on any atom is 0.0579 e. The molecule has 0 bridgehead atoms. The molecule has 1 nitrogen and oxygen atoms in total. The highest BCUT2D eigenvalue weighted by atomic mass is 79.9. The molecule has 1 unspecified atom stereocenters. The molecule has 0 saturated carbocycles. The summed E-state index contributed by atoms with van der Waals surface area (Å²) in [6, 6.07) is 11.3. The lowest BCUT2D eigenvalue weighted by atomic mass is 9.92. The third kappa shape index (κ3) is 3.97. The van der Waals surface area contributed by atoms with Crippen LogP contribution in [-0.2, 0) is 0 Å². The van der Waals surface area contributed by atoms with Gasteiger partial charge in [0.05, 0.1) is 6.04 Å². The predicted octanol–water partition coefficient (Wildman–Crippen LogP) is 5.84. The van der Waals surface area contributed by atoms with Gasteiger partial charge in [-0.3, -0.25) is 0 Å². The van der Waals surface area contributed by atoms with Crippen molar-refractivity contribution in [3.05, 3.63) is 67.1 Å². The number of hydrogen-bond donors (Lipinski definition) is 1. The number of halogens is 2. The summed E-state index contributed by atoms with van der Waals surface area (Å²) in [5, 5.41) is 3.62. The minimum absolute atomic E-state index is 0.220. The molecule has 0 aromatic heterocycles. The van der Waals surface area contributed by atoms with Gasteiger partial charge in [-0.1, -0.05) is 50.9 Å². The fourth-order valence-corrected chi connectivity index (χ4v) is 3.74. The summed E-state index contributed by atoms with van der Waals surface area (Å²) in [7, 11) is 0. The molecule has 0 heterocycles. The van der Waals surface area contributed by atoms with Crippen molar-refractivity contribution < 1.29 is 0 Å². The lowest BCUT2D eigenvalue weighted by Crippen LogP contribution is -2.23. The van der Waals surface area contributed by atoms with Gasteiger partial charge in [-0.2, -0.15) is 0 Å². The molecule has 2 aromatic carbocycles. The molecular weight excluding hydrogens is 390 g/mol. The second-order valence-electron chi connectivity index (χ2n) is 5.51. The van der Waals surface area contributed by atoms with Crippen LogP contribution in [0.5, 0.6) is 0 Å². The number of rotatable bonds is 4. The van der Waals surface area contributed by atoms with Gasteiger partial charge in [0.2, 0.25) is 0 Å². The van der Waals surface area contributed by atoms with Gasteiger partial charge in [-0.25, -0.2) is 0 Å². The average molecular weight is 411 g/mol. The number of benzene rings is 2. The minimum Gasteiger partial charge on any atom is -0.307 e. The quantitative estimate of drug-likeness (QED) is 0.667. The SMILES string of the molecule is CCNC(c1cc(C)cc(Br)c1)c1cc(C)c(Br)cc1C. The first-order chi connectivity index (χ1) is 9.92. The third-order valence-corrected chi connectivity index (χ3v) is 4.98. The van der Waals surface area contributed by atoms with Crippen molar-refractivity contribution in [2.24, 2.45) is 0 Å². The first kappa shape index (κ1) is 16.7. The van der Waals surface area contributed by atoms with E-state index in [1.54, 1.807) is 0 Å². The van der Waals surface area contributed by atoms with E-state index in [1.165, 1.54) is 32.3 Å². The Balaban J connectivity index is 2.55. The second-order valence-corrected chi connectivity index (χ2v) is 7.28. The van der Waals surface area contributed by atoms with E-state index in [1.807, 2.05) is 0 Å². The largest absolute Gasteiger partial charge is 0.307 e. The van der Waals surface area contributed by atoms with E-state index in [9.17, 15) is 0 Å². The van der Waals surface area contributed by atoms with Crippen molar-refractivity contribution in [2.75, 3.05) is 6.54 Å². The lowest BCUT2D eigenvalue weighted by Gasteiger charge is -2.23. The van der Waals surface area contributed by atoms with E-state index in [2.05, 4.69) is 95.2 Å². The van der Waals surface area contributed by atoms with Gasteiger partial charge in [-0.15, -0.1) is 0 Å². The maximum atomic E-state index is 3.62. The Morgan fingerprint density at radius 3 is 2.29 bits per heavy atom. The molecule has 1 atom stereocenters. The molecule has 2 aromatic rings. The van der Waals surface area contributed by atoms with E-state index in [-0.39, 0.29) is 6.04 Å². The van der Waals surface area contributed by atoms with Crippen LogP contribution in [0.3, 0.4) is 0 Å². The van der Waals surface area contributed by atoms with E-state index in [0.29, 0.717) is 0 Å². The number of aryl methyl sites for hydroxylation is 3. The predicted molar refractivity (Wildman–Crippen MR) is 98.0 cm³/mol.